The number of hydrogen-bond donors (Lipinski definition) is 17. The molecule has 0 spiro atoms. The van der Waals surface area contributed by atoms with E-state index in [1.165, 1.54) is 141 Å². The minimum absolute atomic E-state index is 0.0714. The standard InChI is InChI=1S/C20H23N3O6.C20H21N3O6.C16H21N3O6.C14H19N3O6.C14H17N3O6/c2*1-20(28)16(26)14(11-24)29-18(20)23-10-13-7-8-15(25)22(17(13)21-19(23)27)9-12-5-3-2-4-6-12;1-3-6-18-11(21)5-4-9-7-19(15(23)17-13(9)18)14-16(2,24)12(22)10(8-20)25-14;2*1-14(22)10(20)8(6-18)23-12(14)17-5-7-3-4-9(19)16(2)11(7)15-13(17)21/h2-8,14,16,18,24,26,28H,9-11H2,1H3,(H,21,27);2-8,10,14,16,18,24,26,28H,9,11H2,1H3;4-5,7,10,12,14,20,22,24H,3,6,8H2,1-2H3;3-4,8,10,12,18,20,22H,5-6H2,1-2H3,(H,15,21);3-5,8,10,12,18,20,22H,6H2,1-2H3/t2*14-,16-,18-,20-;10-,12-,14-,16-;2*8-,10-,12-,14-/m11111/s1. The molecule has 0 radical (unpaired) electrons. The molecular formula is C84H101N15O30. The predicted molar refractivity (Wildman–Crippen MR) is 452 cm³/mol. The number of anilines is 2. The highest BCUT2D eigenvalue weighted by molar-refractivity contribution is 5.92. The topological polar surface area (TPSA) is 629 Å². The van der Waals surface area contributed by atoms with Gasteiger partial charge in [0.1, 0.15) is 118 Å². The van der Waals surface area contributed by atoms with Gasteiger partial charge in [-0.2, -0.15) is 15.0 Å². The van der Waals surface area contributed by atoms with Gasteiger partial charge < -0.3 is 100 Å². The molecule has 0 bridgehead atoms. The van der Waals surface area contributed by atoms with Gasteiger partial charge in [0.2, 0.25) is 0 Å². The summed E-state index contributed by atoms with van der Waals surface area (Å²) in [4.78, 5) is 137. The first-order valence-corrected chi connectivity index (χ1v) is 40.8. The summed E-state index contributed by atoms with van der Waals surface area (Å²) in [5, 5.41) is 157. The lowest BCUT2D eigenvalue weighted by molar-refractivity contribution is -0.120. The van der Waals surface area contributed by atoms with Gasteiger partial charge in [-0.15, -0.1) is 0 Å². The second kappa shape index (κ2) is 37.4. The van der Waals surface area contributed by atoms with E-state index in [-0.39, 0.29) is 64.4 Å². The van der Waals surface area contributed by atoms with Crippen LogP contribution >= 0.6 is 0 Å². The van der Waals surface area contributed by atoms with Crippen LogP contribution in [0.5, 0.6) is 0 Å². The normalized spacial score (nSPS) is 29.7. The summed E-state index contributed by atoms with van der Waals surface area (Å²) < 4.78 is 37.4. The first-order valence-electron chi connectivity index (χ1n) is 40.8. The van der Waals surface area contributed by atoms with Crippen LogP contribution in [0, 0.1) is 0 Å². The van der Waals surface area contributed by atoms with E-state index in [2.05, 4.69) is 25.6 Å². The summed E-state index contributed by atoms with van der Waals surface area (Å²) >= 11 is 0. The molecule has 5 saturated heterocycles. The van der Waals surface area contributed by atoms with Gasteiger partial charge in [-0.05, 0) is 82.5 Å². The first kappa shape index (κ1) is 94.9. The zero-order valence-electron chi connectivity index (χ0n) is 70.9. The van der Waals surface area contributed by atoms with Gasteiger partial charge in [-0.3, -0.25) is 80.9 Å². The quantitative estimate of drug-likeness (QED) is 0.0432. The smallest absolute Gasteiger partial charge is 0.351 e. The molecule has 17 rings (SSSR count). The van der Waals surface area contributed by atoms with Crippen molar-refractivity contribution in [2.75, 3.05) is 43.7 Å². The number of hydrogen-bond acceptors (Lipinski definition) is 33. The van der Waals surface area contributed by atoms with Gasteiger partial charge in [0.05, 0.1) is 59.2 Å². The number of nitrogens with one attached hydrogen (secondary N) is 2. The molecule has 15 heterocycles. The summed E-state index contributed by atoms with van der Waals surface area (Å²) in [5.74, 6) is 0.773. The van der Waals surface area contributed by atoms with Crippen molar-refractivity contribution in [1.29, 1.82) is 0 Å². The average molecular weight is 1800 g/mol. The van der Waals surface area contributed by atoms with Crippen LogP contribution in [0.2, 0.25) is 0 Å². The van der Waals surface area contributed by atoms with E-state index in [0.29, 0.717) is 58.4 Å². The molecule has 8 aromatic heterocycles. The third-order valence-electron chi connectivity index (χ3n) is 23.9. The van der Waals surface area contributed by atoms with Gasteiger partial charge in [0.25, 0.3) is 27.8 Å². The van der Waals surface area contributed by atoms with Crippen LogP contribution in [0.1, 0.15) is 88.9 Å². The molecule has 2 aromatic carbocycles. The molecular weight excluding hydrogens is 1700 g/mol. The van der Waals surface area contributed by atoms with Crippen LogP contribution in [-0.4, -0.2) is 284 Å². The maximum Gasteiger partial charge on any atom is 0.351 e. The molecule has 0 aliphatic carbocycles. The Morgan fingerprint density at radius 1 is 0.364 bits per heavy atom. The number of amides is 4. The number of aryl methyl sites for hydroxylation is 2. The molecule has 7 aliphatic heterocycles. The lowest BCUT2D eigenvalue weighted by Gasteiger charge is -2.38. The average Bonchev–Trinajstić information content (AvgIpc) is 1.67. The Hall–Kier alpha value is -11.6. The highest BCUT2D eigenvalue weighted by Gasteiger charge is 2.59. The number of aromatic nitrogens is 11. The van der Waals surface area contributed by atoms with Crippen molar-refractivity contribution in [1.82, 2.24) is 61.3 Å². The lowest BCUT2D eigenvalue weighted by Crippen LogP contribution is -2.57. The highest BCUT2D eigenvalue weighted by atomic mass is 16.6. The van der Waals surface area contributed by atoms with E-state index < -0.39 is 182 Å². The zero-order chi connectivity index (χ0) is 93.7. The van der Waals surface area contributed by atoms with E-state index >= 15 is 0 Å². The van der Waals surface area contributed by atoms with Crippen molar-refractivity contribution in [2.45, 2.75) is 201 Å². The largest absolute Gasteiger partial charge is 0.394 e. The van der Waals surface area contributed by atoms with Crippen LogP contribution in [0.4, 0.5) is 21.2 Å². The number of aliphatic hydroxyl groups excluding tert-OH is 10. The number of benzene rings is 2. The van der Waals surface area contributed by atoms with Crippen molar-refractivity contribution >= 4 is 56.8 Å². The Labute approximate surface area is 729 Å². The molecule has 0 unspecified atom stereocenters. The Balaban J connectivity index is 0.000000138. The molecule has 45 nitrogen and oxygen atoms in total. The fourth-order valence-electron chi connectivity index (χ4n) is 16.5. The molecule has 5 fully saturated rings. The lowest BCUT2D eigenvalue weighted by atomic mass is 9.95. The van der Waals surface area contributed by atoms with Gasteiger partial charge in [0.15, 0.2) is 31.1 Å². The SMILES string of the molecule is CCCn1c(=O)ccc2cn([C@@H]3O[C@H](CO)[C@@H](O)[C@@]3(C)O)c(=O)nc21.C[C@@]1(O)[C@H](O)[C@@H](CO)O[C@H]1N1Cc2ccc(=O)n(Cc3ccccc3)c2NC1=O.C[C@@]1(O)[C@H](O)[C@@H](CO)O[C@H]1n1cc2ccc(=O)n(Cc3ccccc3)c2nc1=O.Cn1c(=O)ccc2cn([C@@H]3O[C@H](CO)[C@@H](O)[C@@]3(C)O)c(=O)nc21.Cn1c2c(ccc1=O)CN([C@@H]1O[C@H](CO)[C@@H](O)[C@@]1(C)O)C(=O)N2. The van der Waals surface area contributed by atoms with Crippen LogP contribution in [0.3, 0.4) is 0 Å². The molecule has 692 valence electrons. The summed E-state index contributed by atoms with van der Waals surface area (Å²) in [6, 6.07) is 32.3. The predicted octanol–water partition coefficient (Wildman–Crippen LogP) is -4.69. The maximum atomic E-state index is 12.8. The molecule has 129 heavy (non-hydrogen) atoms. The summed E-state index contributed by atoms with van der Waals surface area (Å²) in [6.45, 7) is 7.24. The number of rotatable bonds is 16. The second-order valence-electron chi connectivity index (χ2n) is 33.2. The third-order valence-corrected chi connectivity index (χ3v) is 23.9. The Morgan fingerprint density at radius 2 is 0.659 bits per heavy atom. The van der Waals surface area contributed by atoms with Gasteiger partial charge in [-0.25, -0.2) is 24.0 Å². The first-order chi connectivity index (χ1) is 61.0. The number of aliphatic hydroxyl groups is 15. The molecule has 10 aromatic rings. The number of carbonyl (C=O) groups is 2. The van der Waals surface area contributed by atoms with Crippen LogP contribution in [0.15, 0.2) is 178 Å². The number of urea groups is 2. The molecule has 17 N–H and O–H groups in total. The number of pyridine rings is 5. The minimum atomic E-state index is -1.81. The van der Waals surface area contributed by atoms with Crippen molar-refractivity contribution < 1.29 is 110 Å². The fourth-order valence-corrected chi connectivity index (χ4v) is 16.5. The number of carbonyl (C=O) groups excluding carboxylic acids is 2. The summed E-state index contributed by atoms with van der Waals surface area (Å²) in [5.41, 5.74) is -8.65. The van der Waals surface area contributed by atoms with E-state index in [4.69, 9.17) is 23.7 Å². The van der Waals surface area contributed by atoms with Crippen molar-refractivity contribution in [2.24, 2.45) is 14.1 Å². The molecule has 20 atom stereocenters. The second-order valence-corrected chi connectivity index (χ2v) is 33.2. The van der Waals surface area contributed by atoms with Gasteiger partial charge in [0, 0.05) is 96.8 Å². The number of nitrogens with zero attached hydrogens (tertiary/aromatic N) is 13. The Bertz CT molecular complexity index is 6350. The van der Waals surface area contributed by atoms with Crippen molar-refractivity contribution in [3.05, 3.63) is 245 Å². The monoisotopic (exact) mass is 1800 g/mol. The Kier molecular flexibility index (Phi) is 27.6. The fraction of sp³-hybridized carbons (Fsp3) is 0.464. The highest BCUT2D eigenvalue weighted by Crippen LogP contribution is 2.43. The van der Waals surface area contributed by atoms with Crippen molar-refractivity contribution in [3.63, 3.8) is 0 Å². The van der Waals surface area contributed by atoms with E-state index in [1.54, 1.807) is 19.2 Å². The Morgan fingerprint density at radius 3 is 1.04 bits per heavy atom. The zero-order valence-corrected chi connectivity index (χ0v) is 70.9. The molecule has 4 amide bonds. The number of fused-ring (bicyclic) bond motifs is 5. The summed E-state index contributed by atoms with van der Waals surface area (Å²) in [7, 11) is 3.04. The van der Waals surface area contributed by atoms with Crippen LogP contribution in [0.25, 0.3) is 33.1 Å². The third kappa shape index (κ3) is 18.0. The number of ether oxygens (including phenoxy) is 5. The molecule has 0 saturated carbocycles. The van der Waals surface area contributed by atoms with E-state index in [9.17, 15) is 125 Å². The molecule has 7 aliphatic rings. The van der Waals surface area contributed by atoms with Gasteiger partial charge >= 0.3 is 29.1 Å². The van der Waals surface area contributed by atoms with E-state index in [1.807, 2.05) is 67.6 Å². The maximum absolute atomic E-state index is 12.8. The van der Waals surface area contributed by atoms with Crippen LogP contribution < -0.4 is 55.5 Å². The summed E-state index contributed by atoms with van der Waals surface area (Å²) in [6.07, 6.45) is -12.8. The minimum Gasteiger partial charge on any atom is -0.394 e. The van der Waals surface area contributed by atoms with E-state index in [0.717, 1.165) is 24.8 Å². The molecule has 45 heteroatoms. The van der Waals surface area contributed by atoms with Crippen molar-refractivity contribution in [3.8, 4) is 0 Å². The van der Waals surface area contributed by atoms with Gasteiger partial charge in [-0.1, -0.05) is 67.6 Å². The van der Waals surface area contributed by atoms with Crippen LogP contribution in [-0.2, 0) is 70.5 Å².